The van der Waals surface area contributed by atoms with Crippen molar-refractivity contribution in [2.24, 2.45) is 0 Å². The van der Waals surface area contributed by atoms with E-state index in [0.29, 0.717) is 0 Å². The van der Waals surface area contributed by atoms with Crippen LogP contribution in [-0.4, -0.2) is 22.9 Å². The van der Waals surface area contributed by atoms with Crippen LogP contribution in [0.4, 0.5) is 0 Å². The molecule has 1 atom stereocenters. The van der Waals surface area contributed by atoms with Gasteiger partial charge in [-0.15, -0.1) is 0 Å². The van der Waals surface area contributed by atoms with Crippen LogP contribution in [0.5, 0.6) is 0 Å². The van der Waals surface area contributed by atoms with E-state index in [0.717, 1.165) is 19.3 Å². The molecule has 2 nitrogen and oxygen atoms in total. The van der Waals surface area contributed by atoms with Crippen molar-refractivity contribution in [2.45, 2.75) is 32.3 Å². The molecule has 0 rings (SSSR count). The van der Waals surface area contributed by atoms with Gasteiger partial charge in [0.15, 0.2) is 0 Å². The maximum absolute atomic E-state index is 8.88. The highest BCUT2D eigenvalue weighted by atomic mass is 16.3. The molecule has 0 radical (unpaired) electrons. The van der Waals surface area contributed by atoms with E-state index >= 15 is 0 Å². The Morgan fingerprint density at radius 1 is 1.50 bits per heavy atom. The van der Waals surface area contributed by atoms with E-state index in [-0.39, 0.29) is 12.7 Å². The van der Waals surface area contributed by atoms with Crippen LogP contribution in [0.1, 0.15) is 26.2 Å². The zero-order valence-corrected chi connectivity index (χ0v) is 5.30. The minimum Gasteiger partial charge on any atom is -0.396 e. The summed E-state index contributed by atoms with van der Waals surface area (Å²) >= 11 is 0. The first-order valence-corrected chi connectivity index (χ1v) is 3.10. The molecule has 0 aliphatic heterocycles. The standard InChI is InChI=1S/C6H14O2/c1-2-6(8)4-3-5-7/h6-8H,2-5H2,1H3. The molecule has 0 heterocycles. The molecule has 0 amide bonds. The molecule has 50 valence electrons. The normalized spacial score (nSPS) is 13.9. The summed E-state index contributed by atoms with van der Waals surface area (Å²) in [5, 5.41) is 17.2. The Kier molecular flexibility index (Phi) is 5.01. The fraction of sp³-hybridized carbons (Fsp3) is 1.00. The fourth-order valence-corrected chi connectivity index (χ4v) is 0.531. The molecule has 8 heavy (non-hydrogen) atoms. The molecule has 2 N–H and O–H groups in total. The molecule has 0 saturated carbocycles. The second kappa shape index (κ2) is 5.06. The van der Waals surface area contributed by atoms with E-state index < -0.39 is 0 Å². The third kappa shape index (κ3) is 4.09. The third-order valence-corrected chi connectivity index (χ3v) is 1.17. The number of hydrogen-bond acceptors (Lipinski definition) is 2. The Bertz CT molecular complexity index is 45.8. The predicted molar refractivity (Wildman–Crippen MR) is 32.6 cm³/mol. The van der Waals surface area contributed by atoms with Crippen LogP contribution in [-0.2, 0) is 0 Å². The first-order valence-electron chi connectivity index (χ1n) is 3.10. The smallest absolute Gasteiger partial charge is 0.0538 e. The van der Waals surface area contributed by atoms with E-state index in [9.17, 15) is 0 Å². The van der Waals surface area contributed by atoms with Crippen molar-refractivity contribution in [1.29, 1.82) is 0 Å². The summed E-state index contributed by atoms with van der Waals surface area (Å²) < 4.78 is 0. The van der Waals surface area contributed by atoms with Gasteiger partial charge in [-0.3, -0.25) is 0 Å². The van der Waals surface area contributed by atoms with Crippen LogP contribution in [0.25, 0.3) is 0 Å². The van der Waals surface area contributed by atoms with E-state index in [2.05, 4.69) is 0 Å². The van der Waals surface area contributed by atoms with Crippen molar-refractivity contribution in [3.8, 4) is 0 Å². The first-order chi connectivity index (χ1) is 3.81. The number of rotatable bonds is 4. The second-order valence-corrected chi connectivity index (χ2v) is 1.93. The lowest BCUT2D eigenvalue weighted by atomic mass is 10.2. The van der Waals surface area contributed by atoms with Crippen molar-refractivity contribution >= 4 is 0 Å². The van der Waals surface area contributed by atoms with Crippen LogP contribution in [0.2, 0.25) is 0 Å². The monoisotopic (exact) mass is 118 g/mol. The number of hydrogen-bond donors (Lipinski definition) is 2. The molecule has 0 aromatic carbocycles. The van der Waals surface area contributed by atoms with Crippen LogP contribution in [0, 0.1) is 0 Å². The number of aliphatic hydroxyl groups is 2. The van der Waals surface area contributed by atoms with Gasteiger partial charge in [0.05, 0.1) is 6.10 Å². The lowest BCUT2D eigenvalue weighted by molar-refractivity contribution is 0.146. The Labute approximate surface area is 50.2 Å². The predicted octanol–water partition coefficient (Wildman–Crippen LogP) is 0.530. The Morgan fingerprint density at radius 2 is 2.12 bits per heavy atom. The van der Waals surface area contributed by atoms with E-state index in [1.54, 1.807) is 0 Å². The minimum atomic E-state index is -0.206. The highest BCUT2D eigenvalue weighted by molar-refractivity contribution is 4.50. The van der Waals surface area contributed by atoms with Gasteiger partial charge in [-0.05, 0) is 19.3 Å². The van der Waals surface area contributed by atoms with Gasteiger partial charge in [0.25, 0.3) is 0 Å². The molecule has 0 bridgehead atoms. The van der Waals surface area contributed by atoms with Gasteiger partial charge in [0, 0.05) is 6.61 Å². The topological polar surface area (TPSA) is 40.5 Å². The average Bonchev–Trinajstić information content (AvgIpc) is 1.83. The van der Waals surface area contributed by atoms with Crippen molar-refractivity contribution in [1.82, 2.24) is 0 Å². The molecule has 0 aliphatic carbocycles. The molecule has 0 fully saturated rings. The van der Waals surface area contributed by atoms with Crippen molar-refractivity contribution in [2.75, 3.05) is 6.61 Å². The highest BCUT2D eigenvalue weighted by Crippen LogP contribution is 1.98. The quantitative estimate of drug-likeness (QED) is 0.565. The molecule has 1 unspecified atom stereocenters. The van der Waals surface area contributed by atoms with E-state index in [1.165, 1.54) is 0 Å². The van der Waals surface area contributed by atoms with Gasteiger partial charge in [-0.1, -0.05) is 6.92 Å². The molecular weight excluding hydrogens is 104 g/mol. The van der Waals surface area contributed by atoms with Crippen molar-refractivity contribution in [3.05, 3.63) is 0 Å². The zero-order valence-electron chi connectivity index (χ0n) is 5.30. The summed E-state index contributed by atoms with van der Waals surface area (Å²) in [5.41, 5.74) is 0. The summed E-state index contributed by atoms with van der Waals surface area (Å²) in [6, 6.07) is 0. The lowest BCUT2D eigenvalue weighted by Gasteiger charge is -2.03. The van der Waals surface area contributed by atoms with Crippen molar-refractivity contribution < 1.29 is 10.2 Å². The second-order valence-electron chi connectivity index (χ2n) is 1.93. The van der Waals surface area contributed by atoms with Gasteiger partial charge in [-0.2, -0.15) is 0 Å². The number of aliphatic hydroxyl groups excluding tert-OH is 2. The van der Waals surface area contributed by atoms with Gasteiger partial charge in [0.1, 0.15) is 0 Å². The Balaban J connectivity index is 2.86. The third-order valence-electron chi connectivity index (χ3n) is 1.17. The van der Waals surface area contributed by atoms with Gasteiger partial charge in [-0.25, -0.2) is 0 Å². The summed E-state index contributed by atoms with van der Waals surface area (Å²) in [6.45, 7) is 2.12. The Morgan fingerprint density at radius 3 is 2.50 bits per heavy atom. The van der Waals surface area contributed by atoms with Gasteiger partial charge in [0.2, 0.25) is 0 Å². The lowest BCUT2D eigenvalue weighted by Crippen LogP contribution is -2.04. The SMILES string of the molecule is CCC(O)CCCO. The van der Waals surface area contributed by atoms with Gasteiger partial charge < -0.3 is 10.2 Å². The molecule has 2 heteroatoms. The maximum Gasteiger partial charge on any atom is 0.0538 e. The average molecular weight is 118 g/mol. The largest absolute Gasteiger partial charge is 0.396 e. The Hall–Kier alpha value is -0.0800. The zero-order chi connectivity index (χ0) is 6.41. The summed E-state index contributed by atoms with van der Waals surface area (Å²) in [6.07, 6.45) is 2.03. The highest BCUT2D eigenvalue weighted by Gasteiger charge is 1.96. The summed E-state index contributed by atoms with van der Waals surface area (Å²) in [4.78, 5) is 0. The summed E-state index contributed by atoms with van der Waals surface area (Å²) in [7, 11) is 0. The molecule has 0 aromatic rings. The summed E-state index contributed by atoms with van der Waals surface area (Å²) in [5.74, 6) is 0. The molecular formula is C6H14O2. The maximum atomic E-state index is 8.88. The van der Waals surface area contributed by atoms with Crippen LogP contribution in [0.15, 0.2) is 0 Å². The van der Waals surface area contributed by atoms with Crippen LogP contribution >= 0.6 is 0 Å². The minimum absolute atomic E-state index is 0.192. The molecule has 0 spiro atoms. The van der Waals surface area contributed by atoms with Gasteiger partial charge >= 0.3 is 0 Å². The molecule has 0 saturated heterocycles. The van der Waals surface area contributed by atoms with E-state index in [4.69, 9.17) is 10.2 Å². The molecule has 0 aromatic heterocycles. The van der Waals surface area contributed by atoms with Crippen molar-refractivity contribution in [3.63, 3.8) is 0 Å². The van der Waals surface area contributed by atoms with Crippen LogP contribution in [0.3, 0.4) is 0 Å². The molecule has 0 aliphatic rings. The van der Waals surface area contributed by atoms with E-state index in [1.807, 2.05) is 6.92 Å². The first kappa shape index (κ1) is 7.92. The fourth-order valence-electron chi connectivity index (χ4n) is 0.531. The van der Waals surface area contributed by atoms with Crippen LogP contribution < -0.4 is 0 Å².